The van der Waals surface area contributed by atoms with Crippen LogP contribution in [0.5, 0.6) is 0 Å². The minimum Gasteiger partial charge on any atom is -0.396 e. The van der Waals surface area contributed by atoms with Crippen molar-refractivity contribution in [2.24, 2.45) is 50.7 Å². The number of rotatable bonds is 5. The van der Waals surface area contributed by atoms with E-state index in [0.29, 0.717) is 27.6 Å². The van der Waals surface area contributed by atoms with Gasteiger partial charge >= 0.3 is 0 Å². The molecule has 0 aromatic carbocycles. The highest BCUT2D eigenvalue weighted by Gasteiger charge is 2.82. The molecular formula is C30H50O2. The monoisotopic (exact) mass is 442 g/mol. The number of allylic oxidation sites excluding steroid dienone is 2. The predicted molar refractivity (Wildman–Crippen MR) is 132 cm³/mol. The van der Waals surface area contributed by atoms with Gasteiger partial charge in [-0.1, -0.05) is 39.3 Å². The van der Waals surface area contributed by atoms with Gasteiger partial charge in [0.1, 0.15) is 0 Å². The Morgan fingerprint density at radius 3 is 2.28 bits per heavy atom. The molecule has 182 valence electrons. The lowest BCUT2D eigenvalue weighted by atomic mass is 9.41. The molecule has 0 bridgehead atoms. The van der Waals surface area contributed by atoms with Gasteiger partial charge < -0.3 is 10.2 Å². The Labute approximate surface area is 197 Å². The normalized spacial score (nSPS) is 54.6. The van der Waals surface area contributed by atoms with Gasteiger partial charge in [-0.05, 0) is 130 Å². The van der Waals surface area contributed by atoms with E-state index in [1.54, 1.807) is 0 Å². The Balaban J connectivity index is 1.41. The summed E-state index contributed by atoms with van der Waals surface area (Å²) < 4.78 is 0. The maximum absolute atomic E-state index is 10.9. The summed E-state index contributed by atoms with van der Waals surface area (Å²) in [4.78, 5) is 0. The zero-order valence-corrected chi connectivity index (χ0v) is 21.8. The van der Waals surface area contributed by atoms with E-state index in [2.05, 4.69) is 47.6 Å². The summed E-state index contributed by atoms with van der Waals surface area (Å²) in [7, 11) is 0. The van der Waals surface area contributed by atoms with E-state index in [4.69, 9.17) is 0 Å². The molecule has 5 aliphatic rings. The molecule has 32 heavy (non-hydrogen) atoms. The lowest BCUT2D eigenvalue weighted by Crippen LogP contribution is -2.59. The molecule has 0 saturated heterocycles. The molecule has 0 radical (unpaired) electrons. The molecule has 0 aromatic heterocycles. The van der Waals surface area contributed by atoms with Crippen LogP contribution in [-0.4, -0.2) is 22.9 Å². The van der Waals surface area contributed by atoms with Gasteiger partial charge in [0.2, 0.25) is 0 Å². The zero-order valence-electron chi connectivity index (χ0n) is 21.8. The largest absolute Gasteiger partial charge is 0.396 e. The lowest BCUT2D eigenvalue weighted by molar-refractivity contribution is -0.174. The van der Waals surface area contributed by atoms with Gasteiger partial charge in [0.05, 0.1) is 12.7 Å². The third-order valence-corrected chi connectivity index (χ3v) is 13.2. The molecular weight excluding hydrogens is 392 g/mol. The average molecular weight is 443 g/mol. The number of hydrogen-bond donors (Lipinski definition) is 2. The first-order valence-corrected chi connectivity index (χ1v) is 13.9. The van der Waals surface area contributed by atoms with Crippen LogP contribution in [-0.2, 0) is 0 Å². The van der Waals surface area contributed by atoms with E-state index in [1.165, 1.54) is 69.8 Å². The molecule has 0 aromatic rings. The van der Waals surface area contributed by atoms with Crippen molar-refractivity contribution in [2.45, 2.75) is 118 Å². The van der Waals surface area contributed by atoms with Gasteiger partial charge in [-0.15, -0.1) is 0 Å². The molecule has 2 spiro atoms. The summed E-state index contributed by atoms with van der Waals surface area (Å²) in [5, 5.41) is 21.2. The van der Waals surface area contributed by atoms with E-state index < -0.39 is 0 Å². The highest BCUT2D eigenvalue weighted by molar-refractivity contribution is 5.30. The number of hydrogen-bond acceptors (Lipinski definition) is 2. The van der Waals surface area contributed by atoms with Crippen molar-refractivity contribution in [3.63, 3.8) is 0 Å². The molecule has 10 atom stereocenters. The van der Waals surface area contributed by atoms with Crippen molar-refractivity contribution in [1.29, 1.82) is 0 Å². The van der Waals surface area contributed by atoms with Crippen LogP contribution in [0.25, 0.3) is 0 Å². The second-order valence-electron chi connectivity index (χ2n) is 14.2. The minimum atomic E-state index is -0.320. The summed E-state index contributed by atoms with van der Waals surface area (Å²) in [5.41, 5.74) is 3.07. The number of fused-ring (bicyclic) bond motifs is 2. The summed E-state index contributed by atoms with van der Waals surface area (Å²) in [6.45, 7) is 14.8. The van der Waals surface area contributed by atoms with Crippen molar-refractivity contribution in [3.05, 3.63) is 11.6 Å². The fourth-order valence-electron chi connectivity index (χ4n) is 11.2. The Morgan fingerprint density at radius 2 is 1.59 bits per heavy atom. The van der Waals surface area contributed by atoms with Crippen LogP contribution in [0.2, 0.25) is 0 Å². The van der Waals surface area contributed by atoms with Gasteiger partial charge in [-0.3, -0.25) is 0 Å². The first kappa shape index (κ1) is 23.4. The van der Waals surface area contributed by atoms with E-state index in [1.807, 2.05) is 0 Å². The van der Waals surface area contributed by atoms with Crippen LogP contribution in [0.3, 0.4) is 0 Å². The van der Waals surface area contributed by atoms with E-state index >= 15 is 0 Å². The summed E-state index contributed by atoms with van der Waals surface area (Å²) in [6, 6.07) is 0. The molecule has 5 rings (SSSR count). The van der Waals surface area contributed by atoms with Crippen molar-refractivity contribution in [1.82, 2.24) is 0 Å². The molecule has 0 amide bonds. The fourth-order valence-corrected chi connectivity index (χ4v) is 11.2. The van der Waals surface area contributed by atoms with Crippen LogP contribution < -0.4 is 0 Å². The van der Waals surface area contributed by atoms with Crippen LogP contribution in [0.4, 0.5) is 0 Å². The van der Waals surface area contributed by atoms with Gasteiger partial charge in [0.15, 0.2) is 0 Å². The standard InChI is InChI=1S/C30H50O2/c1-20(2)8-7-9-21(3)22-12-14-28(6)24-11-10-23-26(4,19-31)25(32)13-15-29(23)18-30(24,29)17-16-27(22,28)5/h8,21-25,31-32H,7,9-19H2,1-6H3. The molecule has 2 nitrogen and oxygen atoms in total. The molecule has 0 heterocycles. The second-order valence-corrected chi connectivity index (χ2v) is 14.2. The molecule has 5 fully saturated rings. The van der Waals surface area contributed by atoms with Crippen LogP contribution >= 0.6 is 0 Å². The Morgan fingerprint density at radius 1 is 0.906 bits per heavy atom. The molecule has 5 saturated carbocycles. The van der Waals surface area contributed by atoms with Gasteiger partial charge in [-0.2, -0.15) is 0 Å². The first-order valence-electron chi connectivity index (χ1n) is 13.9. The van der Waals surface area contributed by atoms with Gasteiger partial charge in [0.25, 0.3) is 0 Å². The number of aliphatic hydroxyl groups excluding tert-OH is 2. The SMILES string of the molecule is CC(C)=CCCC(C)C1CCC2(C)C3CCC4C(C)(CO)C(O)CCC45CC35CCC12C. The topological polar surface area (TPSA) is 40.5 Å². The Kier molecular flexibility index (Phi) is 5.36. The van der Waals surface area contributed by atoms with Gasteiger partial charge in [-0.25, -0.2) is 0 Å². The quantitative estimate of drug-likeness (QED) is 0.444. The molecule has 0 aliphatic heterocycles. The van der Waals surface area contributed by atoms with E-state index in [-0.39, 0.29) is 18.1 Å². The van der Waals surface area contributed by atoms with Crippen LogP contribution in [0, 0.1) is 50.7 Å². The summed E-state index contributed by atoms with van der Waals surface area (Å²) in [5.74, 6) is 3.07. The molecule has 2 heteroatoms. The third-order valence-electron chi connectivity index (χ3n) is 13.2. The van der Waals surface area contributed by atoms with Gasteiger partial charge in [0, 0.05) is 5.41 Å². The first-order chi connectivity index (χ1) is 15.0. The van der Waals surface area contributed by atoms with Crippen molar-refractivity contribution < 1.29 is 10.2 Å². The van der Waals surface area contributed by atoms with Crippen molar-refractivity contribution >= 4 is 0 Å². The van der Waals surface area contributed by atoms with E-state index in [0.717, 1.165) is 24.2 Å². The zero-order chi connectivity index (χ0) is 23.2. The van der Waals surface area contributed by atoms with Crippen LogP contribution in [0.1, 0.15) is 112 Å². The maximum atomic E-state index is 10.9. The number of aliphatic hydroxyl groups is 2. The Bertz CT molecular complexity index is 784. The lowest BCUT2D eigenvalue weighted by Gasteiger charge is -2.63. The highest BCUT2D eigenvalue weighted by atomic mass is 16.3. The highest BCUT2D eigenvalue weighted by Crippen LogP contribution is 2.89. The molecule has 5 aliphatic carbocycles. The summed E-state index contributed by atoms with van der Waals surface area (Å²) >= 11 is 0. The minimum absolute atomic E-state index is 0.154. The molecule has 2 N–H and O–H groups in total. The third kappa shape index (κ3) is 2.72. The van der Waals surface area contributed by atoms with Crippen molar-refractivity contribution in [3.8, 4) is 0 Å². The van der Waals surface area contributed by atoms with E-state index in [9.17, 15) is 10.2 Å². The van der Waals surface area contributed by atoms with Crippen molar-refractivity contribution in [2.75, 3.05) is 6.61 Å². The second kappa shape index (κ2) is 7.33. The maximum Gasteiger partial charge on any atom is 0.0618 e. The fraction of sp³-hybridized carbons (Fsp3) is 0.933. The average Bonchev–Trinajstić information content (AvgIpc) is 3.33. The molecule has 10 unspecified atom stereocenters. The smallest absolute Gasteiger partial charge is 0.0618 e. The predicted octanol–water partition coefficient (Wildman–Crippen LogP) is 7.14. The van der Waals surface area contributed by atoms with Crippen LogP contribution in [0.15, 0.2) is 11.6 Å². The summed E-state index contributed by atoms with van der Waals surface area (Å²) in [6.07, 6.45) is 16.4. The Hall–Kier alpha value is -0.340.